The van der Waals surface area contributed by atoms with Gasteiger partial charge in [-0.1, -0.05) is 6.92 Å². The molecule has 0 aromatic carbocycles. The molecule has 0 radical (unpaired) electrons. The van der Waals surface area contributed by atoms with E-state index in [1.54, 1.807) is 18.3 Å². The van der Waals surface area contributed by atoms with Crippen molar-refractivity contribution in [1.29, 1.82) is 0 Å². The summed E-state index contributed by atoms with van der Waals surface area (Å²) in [5.41, 5.74) is 1.66. The predicted molar refractivity (Wildman–Crippen MR) is 106 cm³/mol. The lowest BCUT2D eigenvalue weighted by Crippen LogP contribution is -3.16. The molecule has 0 spiro atoms. The first-order chi connectivity index (χ1) is 12.9. The molecule has 2 heterocycles. The van der Waals surface area contributed by atoms with Crippen molar-refractivity contribution in [3.05, 3.63) is 16.0 Å². The second-order valence-corrected chi connectivity index (χ2v) is 9.02. The highest BCUT2D eigenvalue weighted by Crippen LogP contribution is 2.40. The fraction of sp³-hybridized carbons (Fsp3) is 0.700. The van der Waals surface area contributed by atoms with E-state index >= 15 is 0 Å². The van der Waals surface area contributed by atoms with Crippen LogP contribution in [0, 0.1) is 5.92 Å². The van der Waals surface area contributed by atoms with Crippen LogP contribution in [0.15, 0.2) is 0 Å². The van der Waals surface area contributed by atoms with Gasteiger partial charge in [0.15, 0.2) is 6.54 Å². The Morgan fingerprint density at radius 3 is 2.63 bits per heavy atom. The van der Waals surface area contributed by atoms with E-state index in [4.69, 9.17) is 9.47 Å². The molecule has 150 valence electrons. The molecule has 2 aliphatic rings. The van der Waals surface area contributed by atoms with Crippen molar-refractivity contribution in [3.63, 3.8) is 0 Å². The van der Waals surface area contributed by atoms with Crippen LogP contribution in [0.2, 0.25) is 0 Å². The molecule has 1 unspecified atom stereocenters. The number of thiophene rings is 1. The van der Waals surface area contributed by atoms with Crippen LogP contribution in [-0.2, 0) is 27.1 Å². The molecule has 1 aliphatic heterocycles. The Kier molecular flexibility index (Phi) is 6.55. The summed E-state index contributed by atoms with van der Waals surface area (Å²) in [5, 5.41) is 3.67. The number of hydrogen-bond donors (Lipinski definition) is 2. The van der Waals surface area contributed by atoms with Crippen molar-refractivity contribution in [2.24, 2.45) is 5.92 Å². The molecule has 27 heavy (non-hydrogen) atoms. The summed E-state index contributed by atoms with van der Waals surface area (Å²) in [6.07, 6.45) is 3.22. The van der Waals surface area contributed by atoms with Gasteiger partial charge in [-0.15, -0.1) is 11.3 Å². The molecule has 1 saturated heterocycles. The molecule has 0 bridgehead atoms. The Hall–Kier alpha value is -1.44. The molecule has 1 aromatic heterocycles. The summed E-state index contributed by atoms with van der Waals surface area (Å²) < 4.78 is 11.0. The first-order valence-corrected chi connectivity index (χ1v) is 10.8. The molecule has 2 N–H and O–H groups in total. The van der Waals surface area contributed by atoms with Gasteiger partial charge in [-0.2, -0.15) is 0 Å². The minimum Gasteiger partial charge on any atom is -0.462 e. The third kappa shape index (κ3) is 4.89. The van der Waals surface area contributed by atoms with E-state index in [9.17, 15) is 9.59 Å². The molecule has 1 fully saturated rings. The number of ether oxygens (including phenoxy) is 2. The fourth-order valence-electron chi connectivity index (χ4n) is 4.19. The quantitative estimate of drug-likeness (QED) is 0.745. The molecule has 0 saturated carbocycles. The average Bonchev–Trinajstić information content (AvgIpc) is 2.90. The van der Waals surface area contributed by atoms with Gasteiger partial charge in [-0.25, -0.2) is 4.79 Å². The maximum Gasteiger partial charge on any atom is 0.341 e. The average molecular weight is 396 g/mol. The maximum absolute atomic E-state index is 12.7. The molecule has 3 rings (SSSR count). The number of carbonyl (C=O) groups excluding carboxylic acids is 2. The molecule has 4 atom stereocenters. The van der Waals surface area contributed by atoms with Crippen LogP contribution in [0.1, 0.15) is 54.9 Å². The molecular weight excluding hydrogens is 364 g/mol. The maximum atomic E-state index is 12.7. The van der Waals surface area contributed by atoms with Crippen LogP contribution in [-0.4, -0.2) is 50.3 Å². The topological polar surface area (TPSA) is 69.1 Å². The number of nitrogens with one attached hydrogen (secondary N) is 2. The summed E-state index contributed by atoms with van der Waals surface area (Å²) in [6, 6.07) is 0. The van der Waals surface area contributed by atoms with Gasteiger partial charge in [0.05, 0.1) is 12.2 Å². The Morgan fingerprint density at radius 2 is 1.96 bits per heavy atom. The first kappa shape index (κ1) is 20.3. The lowest BCUT2D eigenvalue weighted by molar-refractivity contribution is -0.907. The first-order valence-electron chi connectivity index (χ1n) is 9.97. The molecular formula is C20H31N2O4S+. The Morgan fingerprint density at radius 1 is 1.26 bits per heavy atom. The monoisotopic (exact) mass is 395 g/mol. The highest BCUT2D eigenvalue weighted by molar-refractivity contribution is 7.17. The number of amides is 1. The lowest BCUT2D eigenvalue weighted by Gasteiger charge is -2.31. The molecule has 6 nitrogen and oxygen atoms in total. The molecule has 7 heteroatoms. The second kappa shape index (κ2) is 8.71. The van der Waals surface area contributed by atoms with Crippen molar-refractivity contribution in [3.8, 4) is 0 Å². The van der Waals surface area contributed by atoms with Gasteiger partial charge in [-0.05, 0) is 51.5 Å². The normalized spacial score (nSPS) is 27.7. The molecule has 1 amide bonds. The number of quaternary nitrogens is 1. The van der Waals surface area contributed by atoms with Gasteiger partial charge in [0, 0.05) is 4.88 Å². The third-order valence-electron chi connectivity index (χ3n) is 5.27. The molecule has 1 aromatic rings. The SMILES string of the molecule is CCOC(=O)c1c(NC(=O)C[NH+]2C[C@@H](C)O[C@@H](C)C2)sc2c1CC[C@@H](C)C2. The van der Waals surface area contributed by atoms with E-state index in [-0.39, 0.29) is 24.1 Å². The van der Waals surface area contributed by atoms with Crippen LogP contribution in [0.4, 0.5) is 5.00 Å². The van der Waals surface area contributed by atoms with Gasteiger partial charge < -0.3 is 19.7 Å². The standard InChI is InChI=1S/C20H30N2O4S/c1-5-25-20(24)18-15-7-6-12(2)8-16(15)27-19(18)21-17(23)11-22-9-13(3)26-14(4)10-22/h12-14H,5-11H2,1-4H3,(H,21,23)/p+1/t12-,13-,14+/m1/s1. The van der Waals surface area contributed by atoms with Gasteiger partial charge in [0.2, 0.25) is 0 Å². The summed E-state index contributed by atoms with van der Waals surface area (Å²) in [7, 11) is 0. The van der Waals surface area contributed by atoms with Crippen molar-refractivity contribution in [2.75, 3.05) is 31.6 Å². The van der Waals surface area contributed by atoms with Crippen molar-refractivity contribution >= 4 is 28.2 Å². The van der Waals surface area contributed by atoms with Gasteiger partial charge >= 0.3 is 5.97 Å². The van der Waals surface area contributed by atoms with Crippen LogP contribution in [0.3, 0.4) is 0 Å². The number of morpholine rings is 1. The largest absolute Gasteiger partial charge is 0.462 e. The Labute approximate surface area is 165 Å². The van der Waals surface area contributed by atoms with Gasteiger partial charge in [0.25, 0.3) is 5.91 Å². The van der Waals surface area contributed by atoms with Gasteiger partial charge in [-0.3, -0.25) is 4.79 Å². The van der Waals surface area contributed by atoms with E-state index in [0.29, 0.717) is 29.6 Å². The zero-order valence-electron chi connectivity index (χ0n) is 16.7. The van der Waals surface area contributed by atoms with Gasteiger partial charge in [0.1, 0.15) is 30.3 Å². The number of hydrogen-bond acceptors (Lipinski definition) is 5. The van der Waals surface area contributed by atoms with Crippen molar-refractivity contribution < 1.29 is 24.0 Å². The highest BCUT2D eigenvalue weighted by Gasteiger charge is 2.31. The minimum atomic E-state index is -0.319. The van der Waals surface area contributed by atoms with E-state index in [0.717, 1.165) is 37.9 Å². The van der Waals surface area contributed by atoms with E-state index in [2.05, 4.69) is 12.2 Å². The summed E-state index contributed by atoms with van der Waals surface area (Å²) in [6.45, 7) is 10.5. The fourth-order valence-corrected chi connectivity index (χ4v) is 5.60. The number of carbonyl (C=O) groups is 2. The Bertz CT molecular complexity index is 692. The number of fused-ring (bicyclic) bond motifs is 1. The smallest absolute Gasteiger partial charge is 0.341 e. The van der Waals surface area contributed by atoms with Crippen molar-refractivity contribution in [2.45, 2.75) is 59.2 Å². The number of rotatable bonds is 5. The van der Waals surface area contributed by atoms with Crippen LogP contribution >= 0.6 is 11.3 Å². The van der Waals surface area contributed by atoms with E-state index in [1.807, 2.05) is 13.8 Å². The zero-order chi connectivity index (χ0) is 19.6. The summed E-state index contributed by atoms with van der Waals surface area (Å²) in [5.74, 6) is 0.236. The van der Waals surface area contributed by atoms with Crippen LogP contribution in [0.25, 0.3) is 0 Å². The Balaban J connectivity index is 1.75. The van der Waals surface area contributed by atoms with Crippen LogP contribution in [0.5, 0.6) is 0 Å². The lowest BCUT2D eigenvalue weighted by atomic mass is 9.88. The second-order valence-electron chi connectivity index (χ2n) is 7.92. The zero-order valence-corrected chi connectivity index (χ0v) is 17.5. The number of esters is 1. The highest BCUT2D eigenvalue weighted by atomic mass is 32.1. The predicted octanol–water partition coefficient (Wildman–Crippen LogP) is 1.68. The van der Waals surface area contributed by atoms with Crippen molar-refractivity contribution in [1.82, 2.24) is 0 Å². The summed E-state index contributed by atoms with van der Waals surface area (Å²) in [4.78, 5) is 27.7. The van der Waals surface area contributed by atoms with E-state index in [1.165, 1.54) is 9.78 Å². The minimum absolute atomic E-state index is 0.0523. The third-order valence-corrected chi connectivity index (χ3v) is 6.44. The molecule has 1 aliphatic carbocycles. The summed E-state index contributed by atoms with van der Waals surface area (Å²) >= 11 is 1.54. The van der Waals surface area contributed by atoms with E-state index < -0.39 is 0 Å². The number of anilines is 1. The van der Waals surface area contributed by atoms with Crippen LogP contribution < -0.4 is 10.2 Å².